The van der Waals surface area contributed by atoms with Crippen LogP contribution in [0.4, 0.5) is 0 Å². The Kier molecular flexibility index (Phi) is 5.07. The summed E-state index contributed by atoms with van der Waals surface area (Å²) in [5.74, 6) is 0.185. The minimum Gasteiger partial charge on any atom is -0.491 e. The van der Waals surface area contributed by atoms with E-state index in [0.29, 0.717) is 16.3 Å². The van der Waals surface area contributed by atoms with Crippen LogP contribution in [0.15, 0.2) is 60.8 Å². The Balaban J connectivity index is 1.60. The van der Waals surface area contributed by atoms with Crippen molar-refractivity contribution >= 4 is 23.4 Å². The van der Waals surface area contributed by atoms with E-state index < -0.39 is 0 Å². The van der Waals surface area contributed by atoms with Gasteiger partial charge in [-0.1, -0.05) is 35.9 Å². The van der Waals surface area contributed by atoms with E-state index in [-0.39, 0.29) is 24.5 Å². The molecule has 1 aliphatic heterocycles. The summed E-state index contributed by atoms with van der Waals surface area (Å²) in [6.45, 7) is 4.08. The number of imide groups is 1. The molecule has 2 aromatic carbocycles. The molecule has 0 atom stereocenters. The molecule has 3 aromatic rings. The lowest BCUT2D eigenvalue weighted by molar-refractivity contribution is 0.0642. The summed E-state index contributed by atoms with van der Waals surface area (Å²) in [6, 6.07) is 16.3. The summed E-state index contributed by atoms with van der Waals surface area (Å²) in [6.07, 6.45) is 1.68. The van der Waals surface area contributed by atoms with E-state index in [0.717, 1.165) is 22.4 Å². The monoisotopic (exact) mass is 406 g/mol. The number of rotatable bonds is 5. The average molecular weight is 407 g/mol. The van der Waals surface area contributed by atoms with Gasteiger partial charge >= 0.3 is 0 Å². The van der Waals surface area contributed by atoms with E-state index in [2.05, 4.69) is 4.98 Å². The number of pyridine rings is 1. The molecule has 0 aliphatic carbocycles. The van der Waals surface area contributed by atoms with E-state index in [1.807, 2.05) is 44.2 Å². The molecule has 1 aliphatic rings. The first-order valence-electron chi connectivity index (χ1n) is 9.31. The predicted octanol–water partition coefficient (Wildman–Crippen LogP) is 4.99. The minimum atomic E-state index is -0.294. The summed E-state index contributed by atoms with van der Waals surface area (Å²) in [5, 5.41) is 0.355. The van der Waals surface area contributed by atoms with Crippen LogP contribution < -0.4 is 4.74 Å². The van der Waals surface area contributed by atoms with Crippen LogP contribution in [0, 0.1) is 0 Å². The molecule has 2 amide bonds. The Morgan fingerprint density at radius 2 is 1.59 bits per heavy atom. The van der Waals surface area contributed by atoms with Gasteiger partial charge in [0.15, 0.2) is 0 Å². The lowest BCUT2D eigenvalue weighted by Crippen LogP contribution is -2.29. The van der Waals surface area contributed by atoms with E-state index in [1.165, 1.54) is 4.90 Å². The number of nitrogens with zero attached hydrogens (tertiary/aromatic N) is 2. The van der Waals surface area contributed by atoms with Crippen LogP contribution in [-0.4, -0.2) is 27.8 Å². The predicted molar refractivity (Wildman–Crippen MR) is 111 cm³/mol. The van der Waals surface area contributed by atoms with Crippen LogP contribution in [0.3, 0.4) is 0 Å². The van der Waals surface area contributed by atoms with E-state index in [4.69, 9.17) is 16.3 Å². The average Bonchev–Trinajstić information content (AvgIpc) is 2.95. The number of halogens is 1. The van der Waals surface area contributed by atoms with Gasteiger partial charge in [-0.25, -0.2) is 4.98 Å². The Morgan fingerprint density at radius 1 is 0.966 bits per heavy atom. The van der Waals surface area contributed by atoms with Gasteiger partial charge in [-0.3, -0.25) is 14.5 Å². The van der Waals surface area contributed by atoms with Crippen molar-refractivity contribution in [1.82, 2.24) is 9.88 Å². The maximum Gasteiger partial charge on any atom is 0.261 e. The maximum absolute atomic E-state index is 12.6. The van der Waals surface area contributed by atoms with Crippen LogP contribution >= 0.6 is 11.6 Å². The first-order chi connectivity index (χ1) is 13.9. The highest BCUT2D eigenvalue weighted by Crippen LogP contribution is 2.30. The van der Waals surface area contributed by atoms with Gasteiger partial charge in [-0.15, -0.1) is 0 Å². The molecule has 0 saturated carbocycles. The summed E-state index contributed by atoms with van der Waals surface area (Å²) in [4.78, 5) is 30.7. The first-order valence-corrected chi connectivity index (χ1v) is 9.68. The van der Waals surface area contributed by atoms with Crippen LogP contribution in [0.1, 0.15) is 40.1 Å². The molecule has 29 heavy (non-hydrogen) atoms. The van der Waals surface area contributed by atoms with Gasteiger partial charge in [0.05, 0.1) is 23.8 Å². The number of carbonyl (C=O) groups is 2. The number of carbonyl (C=O) groups excluding carboxylic acids is 2. The summed E-state index contributed by atoms with van der Waals surface area (Å²) in [5.41, 5.74) is 3.20. The van der Waals surface area contributed by atoms with Gasteiger partial charge in [0.1, 0.15) is 10.9 Å². The van der Waals surface area contributed by atoms with E-state index in [9.17, 15) is 9.59 Å². The Morgan fingerprint density at radius 3 is 2.17 bits per heavy atom. The van der Waals surface area contributed by atoms with Gasteiger partial charge in [0, 0.05) is 11.8 Å². The molecular formula is C23H19ClN2O3. The molecule has 0 spiro atoms. The van der Waals surface area contributed by atoms with Crippen molar-refractivity contribution in [2.75, 3.05) is 0 Å². The molecule has 1 aromatic heterocycles. The molecule has 0 saturated heterocycles. The van der Waals surface area contributed by atoms with Crippen LogP contribution in [0.5, 0.6) is 5.75 Å². The summed E-state index contributed by atoms with van der Waals surface area (Å²) >= 11 is 6.31. The molecular weight excluding hydrogens is 388 g/mol. The highest BCUT2D eigenvalue weighted by molar-refractivity contribution is 6.32. The lowest BCUT2D eigenvalue weighted by Gasteiger charge is -2.15. The smallest absolute Gasteiger partial charge is 0.261 e. The van der Waals surface area contributed by atoms with E-state index in [1.54, 1.807) is 30.5 Å². The van der Waals surface area contributed by atoms with Gasteiger partial charge in [-0.05, 0) is 55.3 Å². The molecule has 0 bridgehead atoms. The lowest BCUT2D eigenvalue weighted by atomic mass is 10.1. The zero-order valence-electron chi connectivity index (χ0n) is 16.1. The fraction of sp³-hybridized carbons (Fsp3) is 0.174. The molecule has 5 nitrogen and oxygen atoms in total. The van der Waals surface area contributed by atoms with Crippen molar-refractivity contribution in [3.05, 3.63) is 82.6 Å². The Hall–Kier alpha value is -3.18. The molecule has 2 heterocycles. The number of hydrogen-bond donors (Lipinski definition) is 0. The molecule has 4 rings (SSSR count). The second kappa shape index (κ2) is 7.68. The second-order valence-electron chi connectivity index (χ2n) is 7.11. The molecule has 146 valence electrons. The van der Waals surface area contributed by atoms with Crippen molar-refractivity contribution < 1.29 is 14.3 Å². The number of aromatic nitrogens is 1. The maximum atomic E-state index is 12.6. The number of fused-ring (bicyclic) bond motifs is 1. The van der Waals surface area contributed by atoms with Crippen molar-refractivity contribution in [3.8, 4) is 16.9 Å². The SMILES string of the molecule is CC(C)Oc1ccc(-c2cc(CN3C(=O)c4ccccc4C3=O)cnc2Cl)cc1. The highest BCUT2D eigenvalue weighted by atomic mass is 35.5. The zero-order valence-corrected chi connectivity index (χ0v) is 16.8. The number of hydrogen-bond acceptors (Lipinski definition) is 4. The number of ether oxygens (including phenoxy) is 1. The topological polar surface area (TPSA) is 59.5 Å². The highest BCUT2D eigenvalue weighted by Gasteiger charge is 2.35. The third-order valence-electron chi connectivity index (χ3n) is 4.65. The molecule has 0 unspecified atom stereocenters. The first kappa shape index (κ1) is 19.2. The van der Waals surface area contributed by atoms with Crippen LogP contribution in [0.25, 0.3) is 11.1 Å². The van der Waals surface area contributed by atoms with Crippen LogP contribution in [0.2, 0.25) is 5.15 Å². The molecule has 0 fully saturated rings. The summed E-state index contributed by atoms with van der Waals surface area (Å²) < 4.78 is 5.67. The molecule has 0 N–H and O–H groups in total. The Bertz CT molecular complexity index is 1060. The second-order valence-corrected chi connectivity index (χ2v) is 7.47. The quantitative estimate of drug-likeness (QED) is 0.442. The van der Waals surface area contributed by atoms with Gasteiger partial charge in [0.25, 0.3) is 11.8 Å². The fourth-order valence-corrected chi connectivity index (χ4v) is 3.54. The van der Waals surface area contributed by atoms with Crippen molar-refractivity contribution in [3.63, 3.8) is 0 Å². The fourth-order valence-electron chi connectivity index (χ4n) is 3.33. The van der Waals surface area contributed by atoms with Gasteiger partial charge < -0.3 is 4.74 Å². The largest absolute Gasteiger partial charge is 0.491 e. The molecule has 0 radical (unpaired) electrons. The van der Waals surface area contributed by atoms with Crippen LogP contribution in [-0.2, 0) is 6.54 Å². The van der Waals surface area contributed by atoms with Crippen molar-refractivity contribution in [2.24, 2.45) is 0 Å². The van der Waals surface area contributed by atoms with Gasteiger partial charge in [0.2, 0.25) is 0 Å². The third-order valence-corrected chi connectivity index (χ3v) is 4.95. The van der Waals surface area contributed by atoms with Gasteiger partial charge in [-0.2, -0.15) is 0 Å². The Labute approximate surface area is 173 Å². The van der Waals surface area contributed by atoms with Crippen molar-refractivity contribution in [2.45, 2.75) is 26.5 Å². The normalized spacial score (nSPS) is 13.2. The van der Waals surface area contributed by atoms with E-state index >= 15 is 0 Å². The standard InChI is InChI=1S/C23H19ClN2O3/c1-14(2)29-17-9-7-16(8-10-17)20-11-15(12-25-21(20)24)13-26-22(27)18-5-3-4-6-19(18)23(26)28/h3-12,14H,13H2,1-2H3. The third kappa shape index (κ3) is 3.74. The zero-order chi connectivity index (χ0) is 20.5. The van der Waals surface area contributed by atoms with Crippen molar-refractivity contribution in [1.29, 1.82) is 0 Å². The number of amides is 2. The number of benzene rings is 2. The summed E-state index contributed by atoms with van der Waals surface area (Å²) in [7, 11) is 0. The molecule has 6 heteroatoms. The minimum absolute atomic E-state index is 0.0918.